The molecule has 0 aromatic carbocycles. The molecule has 1 saturated carbocycles. The summed E-state index contributed by atoms with van der Waals surface area (Å²) in [6.07, 6.45) is 10.5. The number of carboxylic acids is 1. The second kappa shape index (κ2) is 11.5. The third kappa shape index (κ3) is 7.67. The lowest BCUT2D eigenvalue weighted by molar-refractivity contribution is -0.164. The summed E-state index contributed by atoms with van der Waals surface area (Å²) in [5.41, 5.74) is 0. The normalized spacial score (nSPS) is 22.3. The van der Waals surface area contributed by atoms with E-state index in [2.05, 4.69) is 20.8 Å². The molecule has 0 bridgehead atoms. The quantitative estimate of drug-likeness (QED) is 0.415. The molecular formula is C20H36O4. The van der Waals surface area contributed by atoms with Crippen LogP contribution >= 0.6 is 0 Å². The van der Waals surface area contributed by atoms with Gasteiger partial charge in [-0.05, 0) is 38.0 Å². The average Bonchev–Trinajstić information content (AvgIpc) is 2.54. The van der Waals surface area contributed by atoms with Crippen LogP contribution in [0.25, 0.3) is 0 Å². The van der Waals surface area contributed by atoms with Crippen molar-refractivity contribution in [3.63, 3.8) is 0 Å². The van der Waals surface area contributed by atoms with Crippen molar-refractivity contribution in [2.24, 2.45) is 17.8 Å². The lowest BCUT2D eigenvalue weighted by Crippen LogP contribution is -2.35. The predicted molar refractivity (Wildman–Crippen MR) is 95.8 cm³/mol. The first kappa shape index (κ1) is 21.0. The first-order valence-electron chi connectivity index (χ1n) is 9.89. The Hall–Kier alpha value is -1.06. The molecule has 0 amide bonds. The van der Waals surface area contributed by atoms with Crippen molar-refractivity contribution in [1.29, 1.82) is 0 Å². The Kier molecular flexibility index (Phi) is 10.0. The third-order valence-corrected chi connectivity index (χ3v) is 5.09. The molecule has 1 rings (SSSR count). The van der Waals surface area contributed by atoms with Gasteiger partial charge in [-0.25, -0.2) is 0 Å². The van der Waals surface area contributed by atoms with Crippen molar-refractivity contribution in [3.05, 3.63) is 0 Å². The third-order valence-electron chi connectivity index (χ3n) is 5.09. The summed E-state index contributed by atoms with van der Waals surface area (Å²) in [7, 11) is 0. The van der Waals surface area contributed by atoms with Gasteiger partial charge in [0, 0.05) is 0 Å². The minimum Gasteiger partial charge on any atom is -0.481 e. The van der Waals surface area contributed by atoms with Gasteiger partial charge in [-0.2, -0.15) is 0 Å². The van der Waals surface area contributed by atoms with E-state index in [1.165, 1.54) is 19.3 Å². The van der Waals surface area contributed by atoms with Gasteiger partial charge in [-0.3, -0.25) is 9.59 Å². The molecule has 0 aromatic rings. The standard InChI is InChI=1S/C20H36O4/c1-4-10-16(12-7-5-6-11-15(2)3)24-20(23)18-14-9-8-13-17(18)19(21)22/h15-18H,4-14H2,1-3H3,(H,21,22). The summed E-state index contributed by atoms with van der Waals surface area (Å²) in [4.78, 5) is 23.9. The highest BCUT2D eigenvalue weighted by Gasteiger charge is 2.37. The van der Waals surface area contributed by atoms with Gasteiger partial charge in [-0.15, -0.1) is 0 Å². The van der Waals surface area contributed by atoms with Crippen molar-refractivity contribution in [3.8, 4) is 0 Å². The topological polar surface area (TPSA) is 63.6 Å². The second-order valence-electron chi connectivity index (χ2n) is 7.72. The van der Waals surface area contributed by atoms with Crippen LogP contribution in [0, 0.1) is 17.8 Å². The van der Waals surface area contributed by atoms with Gasteiger partial charge in [0.2, 0.25) is 0 Å². The van der Waals surface area contributed by atoms with Crippen molar-refractivity contribution in [1.82, 2.24) is 0 Å². The van der Waals surface area contributed by atoms with E-state index in [-0.39, 0.29) is 12.1 Å². The molecule has 1 fully saturated rings. The number of aliphatic carboxylic acids is 1. The maximum Gasteiger partial charge on any atom is 0.310 e. The molecule has 0 heterocycles. The Morgan fingerprint density at radius 3 is 2.21 bits per heavy atom. The van der Waals surface area contributed by atoms with E-state index < -0.39 is 17.8 Å². The molecule has 140 valence electrons. The Morgan fingerprint density at radius 1 is 1.00 bits per heavy atom. The van der Waals surface area contributed by atoms with Gasteiger partial charge in [0.15, 0.2) is 0 Å². The van der Waals surface area contributed by atoms with Crippen LogP contribution < -0.4 is 0 Å². The number of ether oxygens (including phenoxy) is 1. The highest BCUT2D eigenvalue weighted by atomic mass is 16.5. The fraction of sp³-hybridized carbons (Fsp3) is 0.900. The molecule has 0 saturated heterocycles. The first-order valence-corrected chi connectivity index (χ1v) is 9.89. The van der Waals surface area contributed by atoms with E-state index in [9.17, 15) is 14.7 Å². The van der Waals surface area contributed by atoms with Gasteiger partial charge in [0.1, 0.15) is 6.10 Å². The van der Waals surface area contributed by atoms with Crippen molar-refractivity contribution in [2.75, 3.05) is 0 Å². The molecule has 1 aliphatic rings. The molecule has 3 unspecified atom stereocenters. The van der Waals surface area contributed by atoms with Crippen LogP contribution in [0.1, 0.15) is 91.4 Å². The van der Waals surface area contributed by atoms with Gasteiger partial charge in [-0.1, -0.05) is 59.3 Å². The summed E-state index contributed by atoms with van der Waals surface area (Å²) in [6, 6.07) is 0. The van der Waals surface area contributed by atoms with Gasteiger partial charge >= 0.3 is 11.9 Å². The molecule has 4 heteroatoms. The van der Waals surface area contributed by atoms with Crippen LogP contribution in [0.3, 0.4) is 0 Å². The van der Waals surface area contributed by atoms with Crippen LogP contribution in [0.4, 0.5) is 0 Å². The number of esters is 1. The lowest BCUT2D eigenvalue weighted by atomic mass is 9.79. The average molecular weight is 341 g/mol. The van der Waals surface area contributed by atoms with Crippen LogP contribution in [-0.4, -0.2) is 23.1 Å². The van der Waals surface area contributed by atoms with Gasteiger partial charge in [0.05, 0.1) is 11.8 Å². The summed E-state index contributed by atoms with van der Waals surface area (Å²) < 4.78 is 5.74. The zero-order chi connectivity index (χ0) is 17.9. The lowest BCUT2D eigenvalue weighted by Gasteiger charge is -2.28. The minimum atomic E-state index is -0.850. The number of unbranched alkanes of at least 4 members (excludes halogenated alkanes) is 2. The number of rotatable bonds is 11. The molecule has 0 aromatic heterocycles. The minimum absolute atomic E-state index is 0.0436. The van der Waals surface area contributed by atoms with E-state index in [0.29, 0.717) is 12.8 Å². The zero-order valence-corrected chi connectivity index (χ0v) is 15.8. The van der Waals surface area contributed by atoms with Crippen molar-refractivity contribution >= 4 is 11.9 Å². The first-order chi connectivity index (χ1) is 11.5. The van der Waals surface area contributed by atoms with E-state index in [0.717, 1.165) is 44.4 Å². The van der Waals surface area contributed by atoms with Gasteiger partial charge in [0.25, 0.3) is 0 Å². The monoisotopic (exact) mass is 340 g/mol. The Bertz CT molecular complexity index is 378. The number of carbonyl (C=O) groups excluding carboxylic acids is 1. The molecule has 3 atom stereocenters. The fourth-order valence-electron chi connectivity index (χ4n) is 3.65. The van der Waals surface area contributed by atoms with E-state index in [4.69, 9.17) is 4.74 Å². The van der Waals surface area contributed by atoms with E-state index in [1.54, 1.807) is 0 Å². The molecule has 0 aliphatic heterocycles. The van der Waals surface area contributed by atoms with Crippen LogP contribution in [0.5, 0.6) is 0 Å². The summed E-state index contributed by atoms with van der Waals surface area (Å²) in [6.45, 7) is 6.58. The maximum atomic E-state index is 12.5. The molecule has 24 heavy (non-hydrogen) atoms. The van der Waals surface area contributed by atoms with Gasteiger partial charge < -0.3 is 9.84 Å². The number of carbonyl (C=O) groups is 2. The van der Waals surface area contributed by atoms with Crippen LogP contribution in [0.2, 0.25) is 0 Å². The van der Waals surface area contributed by atoms with E-state index >= 15 is 0 Å². The largest absolute Gasteiger partial charge is 0.481 e. The Labute approximate surface area is 147 Å². The summed E-state index contributed by atoms with van der Waals surface area (Å²) >= 11 is 0. The summed E-state index contributed by atoms with van der Waals surface area (Å²) in [5, 5.41) is 9.33. The number of hydrogen-bond acceptors (Lipinski definition) is 3. The highest BCUT2D eigenvalue weighted by Crippen LogP contribution is 2.32. The molecule has 1 aliphatic carbocycles. The predicted octanol–water partition coefficient (Wildman–Crippen LogP) is 5.20. The maximum absolute atomic E-state index is 12.5. The number of hydrogen-bond donors (Lipinski definition) is 1. The highest BCUT2D eigenvalue weighted by molar-refractivity contribution is 5.81. The van der Waals surface area contributed by atoms with Crippen molar-refractivity contribution < 1.29 is 19.4 Å². The fourth-order valence-corrected chi connectivity index (χ4v) is 3.65. The van der Waals surface area contributed by atoms with Crippen LogP contribution in [0.15, 0.2) is 0 Å². The Balaban J connectivity index is 2.44. The summed E-state index contributed by atoms with van der Waals surface area (Å²) in [5.74, 6) is -1.38. The smallest absolute Gasteiger partial charge is 0.310 e. The SMILES string of the molecule is CCCC(CCCCCC(C)C)OC(=O)C1CCCCC1C(=O)O. The molecule has 0 radical (unpaired) electrons. The van der Waals surface area contributed by atoms with Crippen molar-refractivity contribution in [2.45, 2.75) is 97.5 Å². The molecule has 0 spiro atoms. The zero-order valence-electron chi connectivity index (χ0n) is 15.8. The number of carboxylic acid groups (broad SMARTS) is 1. The van der Waals surface area contributed by atoms with E-state index in [1.807, 2.05) is 0 Å². The van der Waals surface area contributed by atoms with Crippen LogP contribution in [-0.2, 0) is 14.3 Å². The second-order valence-corrected chi connectivity index (χ2v) is 7.72. The molecular weight excluding hydrogens is 304 g/mol. The molecule has 1 N–H and O–H groups in total. The Morgan fingerprint density at radius 2 is 1.62 bits per heavy atom. The molecule has 4 nitrogen and oxygen atoms in total.